The van der Waals surface area contributed by atoms with Crippen LogP contribution in [0.2, 0.25) is 0 Å². The Morgan fingerprint density at radius 2 is 1.57 bits per heavy atom. The van der Waals surface area contributed by atoms with E-state index < -0.39 is 10.0 Å². The van der Waals surface area contributed by atoms with E-state index in [-0.39, 0.29) is 4.90 Å². The van der Waals surface area contributed by atoms with Crippen molar-refractivity contribution in [1.29, 1.82) is 0 Å². The van der Waals surface area contributed by atoms with Gasteiger partial charge in [0, 0.05) is 17.3 Å². The van der Waals surface area contributed by atoms with Crippen LogP contribution in [0.5, 0.6) is 23.0 Å². The predicted octanol–water partition coefficient (Wildman–Crippen LogP) is 3.94. The van der Waals surface area contributed by atoms with Crippen molar-refractivity contribution < 1.29 is 27.4 Å². The van der Waals surface area contributed by atoms with Gasteiger partial charge in [-0.1, -0.05) is 12.1 Å². The third-order valence-corrected chi connectivity index (χ3v) is 6.06. The van der Waals surface area contributed by atoms with Gasteiger partial charge in [-0.2, -0.15) is 0 Å². The Hall–Kier alpha value is -3.39. The zero-order chi connectivity index (χ0) is 21.1. The molecule has 0 amide bonds. The lowest BCUT2D eigenvalue weighted by Gasteiger charge is -2.19. The SMILES string of the molecule is COc1ccc(-c2cc(NS(=O)(=O)c3ccc4c(c3)OCCO4)ccc2OC)cc1. The molecule has 30 heavy (non-hydrogen) atoms. The number of methoxy groups -OCH3 is 2. The monoisotopic (exact) mass is 427 g/mol. The number of ether oxygens (including phenoxy) is 4. The smallest absolute Gasteiger partial charge is 0.262 e. The molecular formula is C22H21NO6S. The molecule has 0 saturated heterocycles. The third-order valence-electron chi connectivity index (χ3n) is 4.68. The molecule has 0 bridgehead atoms. The van der Waals surface area contributed by atoms with Gasteiger partial charge in [0.05, 0.1) is 19.1 Å². The maximum atomic E-state index is 12.9. The van der Waals surface area contributed by atoms with Crippen molar-refractivity contribution in [3.8, 4) is 34.1 Å². The molecule has 0 aromatic heterocycles. The molecule has 0 aliphatic carbocycles. The molecule has 1 N–H and O–H groups in total. The van der Waals surface area contributed by atoms with Gasteiger partial charge < -0.3 is 18.9 Å². The highest BCUT2D eigenvalue weighted by Crippen LogP contribution is 2.35. The molecule has 4 rings (SSSR count). The summed E-state index contributed by atoms with van der Waals surface area (Å²) in [5.74, 6) is 2.31. The van der Waals surface area contributed by atoms with Crippen molar-refractivity contribution in [2.45, 2.75) is 4.90 Å². The molecule has 0 atom stereocenters. The second-order valence-corrected chi connectivity index (χ2v) is 8.24. The van der Waals surface area contributed by atoms with Gasteiger partial charge in [0.15, 0.2) is 11.5 Å². The van der Waals surface area contributed by atoms with Crippen LogP contribution in [0, 0.1) is 0 Å². The fourth-order valence-corrected chi connectivity index (χ4v) is 4.24. The summed E-state index contributed by atoms with van der Waals surface area (Å²) >= 11 is 0. The van der Waals surface area contributed by atoms with E-state index in [4.69, 9.17) is 18.9 Å². The molecule has 3 aromatic carbocycles. The van der Waals surface area contributed by atoms with Gasteiger partial charge in [-0.05, 0) is 48.0 Å². The van der Waals surface area contributed by atoms with Gasteiger partial charge >= 0.3 is 0 Å². The minimum atomic E-state index is -3.82. The van der Waals surface area contributed by atoms with Crippen LogP contribution < -0.4 is 23.7 Å². The predicted molar refractivity (Wildman–Crippen MR) is 113 cm³/mol. The number of hydrogen-bond acceptors (Lipinski definition) is 6. The molecule has 3 aromatic rings. The molecule has 7 nitrogen and oxygen atoms in total. The number of sulfonamides is 1. The molecule has 156 valence electrons. The average molecular weight is 427 g/mol. The van der Waals surface area contributed by atoms with Crippen LogP contribution in [0.25, 0.3) is 11.1 Å². The maximum absolute atomic E-state index is 12.9. The first-order chi connectivity index (χ1) is 14.5. The van der Waals surface area contributed by atoms with E-state index in [9.17, 15) is 8.42 Å². The molecule has 0 radical (unpaired) electrons. The van der Waals surface area contributed by atoms with Gasteiger partial charge in [-0.25, -0.2) is 8.42 Å². The van der Waals surface area contributed by atoms with Gasteiger partial charge in [0.25, 0.3) is 10.0 Å². The zero-order valence-electron chi connectivity index (χ0n) is 16.5. The minimum Gasteiger partial charge on any atom is -0.497 e. The lowest BCUT2D eigenvalue weighted by molar-refractivity contribution is 0.171. The Kier molecular flexibility index (Phi) is 5.41. The Balaban J connectivity index is 1.65. The summed E-state index contributed by atoms with van der Waals surface area (Å²) < 4.78 is 50.0. The number of nitrogens with one attached hydrogen (secondary N) is 1. The van der Waals surface area contributed by atoms with Gasteiger partial charge in [0.2, 0.25) is 0 Å². The Morgan fingerprint density at radius 3 is 2.27 bits per heavy atom. The van der Waals surface area contributed by atoms with Crippen LogP contribution in [0.15, 0.2) is 65.6 Å². The zero-order valence-corrected chi connectivity index (χ0v) is 17.4. The molecule has 1 aliphatic heterocycles. The third kappa shape index (κ3) is 3.99. The number of fused-ring (bicyclic) bond motifs is 1. The van der Waals surface area contributed by atoms with Gasteiger partial charge in [-0.15, -0.1) is 0 Å². The van der Waals surface area contributed by atoms with Crippen LogP contribution in [-0.2, 0) is 10.0 Å². The average Bonchev–Trinajstić information content (AvgIpc) is 2.78. The number of hydrogen-bond donors (Lipinski definition) is 1. The molecule has 8 heteroatoms. The van der Waals surface area contributed by atoms with E-state index in [1.807, 2.05) is 24.3 Å². The molecule has 1 aliphatic rings. The summed E-state index contributed by atoms with van der Waals surface area (Å²) in [7, 11) is -0.651. The van der Waals surface area contributed by atoms with Crippen LogP contribution in [0.4, 0.5) is 5.69 Å². The van der Waals surface area contributed by atoms with Crippen LogP contribution in [-0.4, -0.2) is 35.9 Å². The first-order valence-electron chi connectivity index (χ1n) is 9.25. The maximum Gasteiger partial charge on any atom is 0.262 e. The first kappa shape index (κ1) is 19.9. The fourth-order valence-electron chi connectivity index (χ4n) is 3.17. The second-order valence-electron chi connectivity index (χ2n) is 6.55. The number of anilines is 1. The number of benzene rings is 3. The summed E-state index contributed by atoms with van der Waals surface area (Å²) in [4.78, 5) is 0.0913. The quantitative estimate of drug-likeness (QED) is 0.642. The van der Waals surface area contributed by atoms with Crippen molar-refractivity contribution in [3.63, 3.8) is 0 Å². The number of rotatable bonds is 6. The van der Waals surface area contributed by atoms with Crippen molar-refractivity contribution >= 4 is 15.7 Å². The summed E-state index contributed by atoms with van der Waals surface area (Å²) in [6, 6.07) is 17.1. The molecule has 0 unspecified atom stereocenters. The fraction of sp³-hybridized carbons (Fsp3) is 0.182. The van der Waals surface area contributed by atoms with Crippen molar-refractivity contribution in [3.05, 3.63) is 60.7 Å². The standard InChI is InChI=1S/C22H21NO6S/c1-26-17-6-3-15(4-7-17)19-13-16(5-9-20(19)27-2)23-30(24,25)18-8-10-21-22(14-18)29-12-11-28-21/h3-10,13-14,23H,11-12H2,1-2H3. The van der Waals surface area contributed by atoms with E-state index in [2.05, 4.69) is 4.72 Å². The first-order valence-corrected chi connectivity index (χ1v) is 10.7. The van der Waals surface area contributed by atoms with Gasteiger partial charge in [-0.3, -0.25) is 4.72 Å². The summed E-state index contributed by atoms with van der Waals surface area (Å²) in [5, 5.41) is 0. The molecule has 0 fully saturated rings. The molecule has 1 heterocycles. The minimum absolute atomic E-state index is 0.0913. The van der Waals surface area contributed by atoms with Crippen LogP contribution >= 0.6 is 0 Å². The van der Waals surface area contributed by atoms with Crippen LogP contribution in [0.3, 0.4) is 0 Å². The lowest BCUT2D eigenvalue weighted by atomic mass is 10.0. The Bertz CT molecular complexity index is 1160. The molecular weight excluding hydrogens is 406 g/mol. The summed E-state index contributed by atoms with van der Waals surface area (Å²) in [6.45, 7) is 0.824. The van der Waals surface area contributed by atoms with Crippen molar-refractivity contribution in [2.24, 2.45) is 0 Å². The topological polar surface area (TPSA) is 83.1 Å². The summed E-state index contributed by atoms with van der Waals surface area (Å²) in [6.07, 6.45) is 0. The van der Waals surface area contributed by atoms with Crippen LogP contribution in [0.1, 0.15) is 0 Å². The van der Waals surface area contributed by atoms with E-state index in [1.54, 1.807) is 38.5 Å². The largest absolute Gasteiger partial charge is 0.497 e. The Morgan fingerprint density at radius 1 is 0.833 bits per heavy atom. The highest BCUT2D eigenvalue weighted by molar-refractivity contribution is 7.92. The van der Waals surface area contributed by atoms with E-state index >= 15 is 0 Å². The highest BCUT2D eigenvalue weighted by atomic mass is 32.2. The Labute approximate surface area is 175 Å². The van der Waals surface area contributed by atoms with Crippen molar-refractivity contribution in [2.75, 3.05) is 32.2 Å². The molecule has 0 saturated carbocycles. The normalized spacial score (nSPS) is 12.9. The van der Waals surface area contributed by atoms with Gasteiger partial charge in [0.1, 0.15) is 24.7 Å². The second kappa shape index (κ2) is 8.16. The van der Waals surface area contributed by atoms with Crippen molar-refractivity contribution in [1.82, 2.24) is 0 Å². The highest BCUT2D eigenvalue weighted by Gasteiger charge is 2.20. The van der Waals surface area contributed by atoms with E-state index in [0.29, 0.717) is 36.1 Å². The lowest BCUT2D eigenvalue weighted by Crippen LogP contribution is -2.17. The van der Waals surface area contributed by atoms with E-state index in [0.717, 1.165) is 16.9 Å². The van der Waals surface area contributed by atoms with E-state index in [1.165, 1.54) is 12.1 Å². The molecule has 0 spiro atoms. The summed E-state index contributed by atoms with van der Waals surface area (Å²) in [5.41, 5.74) is 2.03.